The number of aliphatic hydroxyl groups is 1. The lowest BCUT2D eigenvalue weighted by Gasteiger charge is -2.55. The van der Waals surface area contributed by atoms with Crippen molar-refractivity contribution in [2.24, 2.45) is 24.3 Å². The fraction of sp³-hybridized carbons (Fsp3) is 0.652. The van der Waals surface area contributed by atoms with Crippen LogP contribution in [0.5, 0.6) is 0 Å². The van der Waals surface area contributed by atoms with E-state index in [1.807, 2.05) is 11.8 Å². The molecule has 0 aromatic carbocycles. The van der Waals surface area contributed by atoms with Crippen LogP contribution in [0.15, 0.2) is 24.4 Å². The maximum Gasteiger partial charge on any atom is 0.225 e. The normalized spacial score (nSPS) is 29.7. The summed E-state index contributed by atoms with van der Waals surface area (Å²) in [4.78, 5) is 19.5. The molecule has 0 unspecified atom stereocenters. The van der Waals surface area contributed by atoms with Crippen LogP contribution in [0.25, 0.3) is 11.0 Å². The zero-order valence-corrected chi connectivity index (χ0v) is 17.0. The van der Waals surface area contributed by atoms with Crippen LogP contribution < -0.4 is 0 Å². The standard InChI is InChI=1S/C23H31N3O2/c1-22(28)12-18(13-22)21(27)26-14-23(15-26)8-5-16(6-9-23)11-19-4-3-17-7-10-25(2)20(17)24-19/h3-4,7,10,16,18,28H,5-6,8-9,11-15H2,1-2H3. The first-order valence-corrected chi connectivity index (χ1v) is 10.7. The maximum atomic E-state index is 12.5. The molecule has 5 heteroatoms. The van der Waals surface area contributed by atoms with Gasteiger partial charge in [0.25, 0.3) is 0 Å². The number of nitrogens with zero attached hydrogens (tertiary/aromatic N) is 3. The quantitative estimate of drug-likeness (QED) is 0.887. The highest BCUT2D eigenvalue weighted by Crippen LogP contribution is 2.48. The van der Waals surface area contributed by atoms with E-state index in [1.54, 1.807) is 0 Å². The first-order valence-electron chi connectivity index (χ1n) is 10.7. The molecule has 5 rings (SSSR count). The number of rotatable bonds is 3. The number of aryl methyl sites for hydroxylation is 1. The molecule has 2 saturated carbocycles. The Morgan fingerprint density at radius 3 is 2.61 bits per heavy atom. The van der Waals surface area contributed by atoms with E-state index < -0.39 is 5.60 Å². The second kappa shape index (κ2) is 6.31. The van der Waals surface area contributed by atoms with Crippen molar-refractivity contribution in [1.29, 1.82) is 0 Å². The van der Waals surface area contributed by atoms with Crippen molar-refractivity contribution >= 4 is 16.9 Å². The molecule has 1 amide bonds. The molecule has 1 aliphatic heterocycles. The molecule has 1 N–H and O–H groups in total. The van der Waals surface area contributed by atoms with E-state index in [1.165, 1.54) is 36.8 Å². The van der Waals surface area contributed by atoms with Gasteiger partial charge in [-0.25, -0.2) is 4.98 Å². The Labute approximate surface area is 166 Å². The lowest BCUT2D eigenvalue weighted by atomic mass is 9.64. The average molecular weight is 382 g/mol. The number of likely N-dealkylation sites (tertiary alicyclic amines) is 1. The van der Waals surface area contributed by atoms with Gasteiger partial charge in [-0.1, -0.05) is 0 Å². The van der Waals surface area contributed by atoms with Gasteiger partial charge in [0.1, 0.15) is 5.65 Å². The Morgan fingerprint density at radius 1 is 1.21 bits per heavy atom. The predicted molar refractivity (Wildman–Crippen MR) is 109 cm³/mol. The van der Waals surface area contributed by atoms with E-state index in [4.69, 9.17) is 4.98 Å². The smallest absolute Gasteiger partial charge is 0.225 e. The number of hydrogen-bond acceptors (Lipinski definition) is 3. The molecule has 0 bridgehead atoms. The van der Waals surface area contributed by atoms with Crippen LogP contribution in [0.2, 0.25) is 0 Å². The number of carbonyl (C=O) groups excluding carboxylic acids is 1. The van der Waals surface area contributed by atoms with Crippen LogP contribution in [0.3, 0.4) is 0 Å². The van der Waals surface area contributed by atoms with Crippen molar-refractivity contribution in [1.82, 2.24) is 14.5 Å². The maximum absolute atomic E-state index is 12.5. The van der Waals surface area contributed by atoms with Crippen LogP contribution in [0, 0.1) is 17.3 Å². The molecule has 1 saturated heterocycles. The first-order chi connectivity index (χ1) is 13.3. The molecule has 0 radical (unpaired) electrons. The summed E-state index contributed by atoms with van der Waals surface area (Å²) in [6.07, 6.45) is 9.36. The van der Waals surface area contributed by atoms with Crippen molar-refractivity contribution < 1.29 is 9.90 Å². The van der Waals surface area contributed by atoms with Crippen LogP contribution in [-0.4, -0.2) is 44.2 Å². The van der Waals surface area contributed by atoms with E-state index in [9.17, 15) is 9.90 Å². The van der Waals surface area contributed by atoms with Gasteiger partial charge in [-0.15, -0.1) is 0 Å². The Kier molecular flexibility index (Phi) is 4.10. The predicted octanol–water partition coefficient (Wildman–Crippen LogP) is 3.30. The zero-order valence-electron chi connectivity index (χ0n) is 17.0. The van der Waals surface area contributed by atoms with Crippen molar-refractivity contribution in [2.75, 3.05) is 13.1 Å². The Morgan fingerprint density at radius 2 is 1.93 bits per heavy atom. The van der Waals surface area contributed by atoms with Crippen LogP contribution in [0.1, 0.15) is 51.1 Å². The number of fused-ring (bicyclic) bond motifs is 1. The molecule has 5 nitrogen and oxygen atoms in total. The molecule has 150 valence electrons. The van der Waals surface area contributed by atoms with Gasteiger partial charge in [-0.2, -0.15) is 0 Å². The monoisotopic (exact) mass is 381 g/mol. The third-order valence-electron chi connectivity index (χ3n) is 7.52. The molecule has 3 aliphatic rings. The van der Waals surface area contributed by atoms with Gasteiger partial charge in [-0.3, -0.25) is 4.79 Å². The molecule has 2 aliphatic carbocycles. The summed E-state index contributed by atoms with van der Waals surface area (Å²) in [6, 6.07) is 6.49. The van der Waals surface area contributed by atoms with Crippen LogP contribution in [0.4, 0.5) is 0 Å². The van der Waals surface area contributed by atoms with Gasteiger partial charge in [0.05, 0.1) is 5.60 Å². The minimum Gasteiger partial charge on any atom is -0.390 e. The van der Waals surface area contributed by atoms with E-state index >= 15 is 0 Å². The number of carbonyl (C=O) groups is 1. The summed E-state index contributed by atoms with van der Waals surface area (Å²) in [5.74, 6) is 1.05. The van der Waals surface area contributed by atoms with Gasteiger partial charge in [0.15, 0.2) is 0 Å². The van der Waals surface area contributed by atoms with E-state index in [0.717, 1.165) is 25.2 Å². The van der Waals surface area contributed by atoms with Crippen molar-refractivity contribution in [3.8, 4) is 0 Å². The second-order valence-electron chi connectivity index (χ2n) is 10.1. The molecule has 3 heterocycles. The van der Waals surface area contributed by atoms with Gasteiger partial charge < -0.3 is 14.6 Å². The molecule has 2 aromatic rings. The molecule has 28 heavy (non-hydrogen) atoms. The Bertz CT molecular complexity index is 892. The van der Waals surface area contributed by atoms with Crippen molar-refractivity contribution in [3.05, 3.63) is 30.1 Å². The van der Waals surface area contributed by atoms with Gasteiger partial charge in [0, 0.05) is 48.7 Å². The molecule has 0 atom stereocenters. The molecule has 2 aromatic heterocycles. The van der Waals surface area contributed by atoms with Gasteiger partial charge in [0.2, 0.25) is 5.91 Å². The number of amides is 1. The Balaban J connectivity index is 1.13. The second-order valence-corrected chi connectivity index (χ2v) is 10.1. The fourth-order valence-electron chi connectivity index (χ4n) is 5.75. The van der Waals surface area contributed by atoms with Crippen molar-refractivity contribution in [3.63, 3.8) is 0 Å². The summed E-state index contributed by atoms with van der Waals surface area (Å²) in [5, 5.41) is 11.1. The summed E-state index contributed by atoms with van der Waals surface area (Å²) in [7, 11) is 2.05. The lowest BCUT2D eigenvalue weighted by molar-refractivity contribution is -0.163. The average Bonchev–Trinajstić information content (AvgIpc) is 2.99. The first kappa shape index (κ1) is 18.2. The van der Waals surface area contributed by atoms with Gasteiger partial charge in [-0.05, 0) is 76.0 Å². The summed E-state index contributed by atoms with van der Waals surface area (Å²) in [6.45, 7) is 3.70. The highest BCUT2D eigenvalue weighted by molar-refractivity contribution is 5.81. The van der Waals surface area contributed by atoms with Gasteiger partial charge >= 0.3 is 0 Å². The molecule has 3 fully saturated rings. The number of pyridine rings is 1. The summed E-state index contributed by atoms with van der Waals surface area (Å²) >= 11 is 0. The van der Waals surface area contributed by atoms with E-state index in [0.29, 0.717) is 24.2 Å². The minimum atomic E-state index is -0.614. The molecule has 1 spiro atoms. The summed E-state index contributed by atoms with van der Waals surface area (Å²) in [5.41, 5.74) is 2.04. The molecular formula is C23H31N3O2. The van der Waals surface area contributed by atoms with Crippen LogP contribution in [-0.2, 0) is 18.3 Å². The SMILES string of the molecule is Cn1ccc2ccc(CC3CCC4(CC3)CN(C(=O)C3CC(C)(O)C3)C4)nc21. The van der Waals surface area contributed by atoms with E-state index in [2.05, 4.69) is 36.0 Å². The topological polar surface area (TPSA) is 58.4 Å². The van der Waals surface area contributed by atoms with Crippen molar-refractivity contribution in [2.45, 2.75) is 57.5 Å². The minimum absolute atomic E-state index is 0.0576. The third-order valence-corrected chi connectivity index (χ3v) is 7.52. The van der Waals surface area contributed by atoms with Crippen LogP contribution >= 0.6 is 0 Å². The third kappa shape index (κ3) is 3.14. The highest BCUT2D eigenvalue weighted by Gasteiger charge is 2.51. The summed E-state index contributed by atoms with van der Waals surface area (Å²) < 4.78 is 2.09. The zero-order chi connectivity index (χ0) is 19.5. The number of aromatic nitrogens is 2. The lowest BCUT2D eigenvalue weighted by Crippen LogP contribution is -2.62. The Hall–Kier alpha value is -1.88. The largest absolute Gasteiger partial charge is 0.390 e. The highest BCUT2D eigenvalue weighted by atomic mass is 16.3. The fourth-order valence-corrected chi connectivity index (χ4v) is 5.75. The number of hydrogen-bond donors (Lipinski definition) is 1. The van der Waals surface area contributed by atoms with E-state index in [-0.39, 0.29) is 11.8 Å². The molecular weight excluding hydrogens is 350 g/mol.